The number of hydrazine groups is 1. The Labute approximate surface area is 145 Å². The molecule has 0 unspecified atom stereocenters. The molecule has 1 heterocycles. The molecule has 128 valence electrons. The van der Waals surface area contributed by atoms with E-state index in [4.69, 9.17) is 21.5 Å². The molecule has 0 fully saturated rings. The Bertz CT molecular complexity index is 710. The van der Waals surface area contributed by atoms with Crippen LogP contribution in [-0.2, 0) is 6.61 Å². The monoisotopic (exact) mass is 348 g/mol. The fraction of sp³-hybridized carbons (Fsp3) is 0.312. The summed E-state index contributed by atoms with van der Waals surface area (Å²) in [5.41, 5.74) is 7.31. The minimum Gasteiger partial charge on any atom is -0.489 e. The van der Waals surface area contributed by atoms with Crippen molar-refractivity contribution in [3.8, 4) is 5.75 Å². The molecule has 0 aliphatic rings. The number of aromatic nitrogens is 1. The molecule has 2 rings (SSSR count). The van der Waals surface area contributed by atoms with Gasteiger partial charge in [-0.25, -0.2) is 0 Å². The molecular weight excluding hydrogens is 328 g/mol. The number of benzene rings is 1. The minimum absolute atomic E-state index is 0.307. The number of amides is 1. The Morgan fingerprint density at radius 1 is 1.33 bits per heavy atom. The van der Waals surface area contributed by atoms with Crippen molar-refractivity contribution in [2.24, 2.45) is 0 Å². The van der Waals surface area contributed by atoms with Gasteiger partial charge in [0, 0.05) is 12.1 Å². The maximum Gasteiger partial charge on any atom is 0.269 e. The Hall–Kier alpha value is -2.61. The third-order valence-electron chi connectivity index (χ3n) is 3.29. The maximum atomic E-state index is 12.1. The number of nitrogens with zero attached hydrogens (tertiary/aromatic N) is 1. The van der Waals surface area contributed by atoms with Crippen LogP contribution in [0.4, 0.5) is 0 Å². The van der Waals surface area contributed by atoms with Gasteiger partial charge >= 0.3 is 0 Å². The number of thiocarbonyl (C=S) groups is 1. The second-order valence-corrected chi connectivity index (χ2v) is 5.47. The average Bonchev–Trinajstić information content (AvgIpc) is 2.89. The molecule has 0 saturated carbocycles. The minimum atomic E-state index is -0.307. The number of hydrogen-bond donors (Lipinski definition) is 3. The molecule has 0 saturated heterocycles. The van der Waals surface area contributed by atoms with Crippen LogP contribution in [0.25, 0.3) is 0 Å². The number of ether oxygens (including phenoxy) is 1. The Morgan fingerprint density at radius 2 is 2.12 bits per heavy atom. The van der Waals surface area contributed by atoms with Gasteiger partial charge in [-0.3, -0.25) is 15.6 Å². The van der Waals surface area contributed by atoms with Crippen molar-refractivity contribution in [2.45, 2.75) is 27.4 Å². The molecule has 1 aromatic heterocycles. The first-order valence-corrected chi connectivity index (χ1v) is 7.91. The zero-order chi connectivity index (χ0) is 17.5. The van der Waals surface area contributed by atoms with E-state index in [0.29, 0.717) is 29.6 Å². The zero-order valence-corrected chi connectivity index (χ0v) is 14.6. The van der Waals surface area contributed by atoms with E-state index in [2.05, 4.69) is 21.3 Å². The van der Waals surface area contributed by atoms with Gasteiger partial charge in [-0.15, -0.1) is 0 Å². The Kier molecular flexibility index (Phi) is 6.14. The van der Waals surface area contributed by atoms with Gasteiger partial charge in [0.05, 0.1) is 11.3 Å². The summed E-state index contributed by atoms with van der Waals surface area (Å²) in [4.78, 5) is 12.1. The molecule has 24 heavy (non-hydrogen) atoms. The highest BCUT2D eigenvalue weighted by molar-refractivity contribution is 7.80. The summed E-state index contributed by atoms with van der Waals surface area (Å²) in [7, 11) is 0. The molecular formula is C16H20N4O3S. The molecule has 8 heteroatoms. The lowest BCUT2D eigenvalue weighted by Gasteiger charge is -2.11. The van der Waals surface area contributed by atoms with Gasteiger partial charge in [0.1, 0.15) is 18.1 Å². The van der Waals surface area contributed by atoms with Crippen LogP contribution in [0, 0.1) is 13.8 Å². The zero-order valence-electron chi connectivity index (χ0n) is 13.8. The van der Waals surface area contributed by atoms with Crippen molar-refractivity contribution in [3.05, 3.63) is 46.8 Å². The van der Waals surface area contributed by atoms with E-state index in [0.717, 1.165) is 17.0 Å². The third-order valence-corrected chi connectivity index (χ3v) is 3.53. The van der Waals surface area contributed by atoms with Gasteiger partial charge in [-0.2, -0.15) is 0 Å². The van der Waals surface area contributed by atoms with Crippen molar-refractivity contribution in [2.75, 3.05) is 6.54 Å². The third kappa shape index (κ3) is 4.69. The van der Waals surface area contributed by atoms with Crippen LogP contribution in [0.15, 0.2) is 28.8 Å². The van der Waals surface area contributed by atoms with Gasteiger partial charge < -0.3 is 14.6 Å². The van der Waals surface area contributed by atoms with E-state index in [1.807, 2.05) is 20.8 Å². The summed E-state index contributed by atoms with van der Waals surface area (Å²) in [6, 6.07) is 6.88. The van der Waals surface area contributed by atoms with Crippen molar-refractivity contribution in [3.63, 3.8) is 0 Å². The molecule has 2 aromatic rings. The van der Waals surface area contributed by atoms with E-state index in [-0.39, 0.29) is 5.91 Å². The number of nitrogens with one attached hydrogen (secondary N) is 3. The van der Waals surface area contributed by atoms with Gasteiger partial charge in [-0.1, -0.05) is 11.2 Å². The van der Waals surface area contributed by atoms with E-state index in [1.54, 1.807) is 24.3 Å². The predicted octanol–water partition coefficient (Wildman–Crippen LogP) is 2.00. The predicted molar refractivity (Wildman–Crippen MR) is 93.6 cm³/mol. The normalized spacial score (nSPS) is 10.1. The average molecular weight is 348 g/mol. The van der Waals surface area contributed by atoms with Crippen molar-refractivity contribution >= 4 is 23.2 Å². The van der Waals surface area contributed by atoms with E-state index >= 15 is 0 Å². The standard InChI is InChI=1S/C16H20N4O3S/c1-4-17-16(24)19-18-15(21)12-6-5-7-13(8-12)22-9-14-10(2)20-23-11(14)3/h5-8H,4,9H2,1-3H3,(H,18,21)(H2,17,19,24). The van der Waals surface area contributed by atoms with Crippen LogP contribution >= 0.6 is 12.2 Å². The molecule has 7 nitrogen and oxygen atoms in total. The van der Waals surface area contributed by atoms with Crippen LogP contribution in [0.2, 0.25) is 0 Å². The molecule has 1 amide bonds. The van der Waals surface area contributed by atoms with E-state index in [9.17, 15) is 4.79 Å². The van der Waals surface area contributed by atoms with Crippen molar-refractivity contribution in [1.82, 2.24) is 21.3 Å². The molecule has 0 aliphatic heterocycles. The quantitative estimate of drug-likeness (QED) is 0.562. The lowest BCUT2D eigenvalue weighted by molar-refractivity contribution is 0.0943. The number of hydrogen-bond acceptors (Lipinski definition) is 5. The largest absolute Gasteiger partial charge is 0.489 e. The lowest BCUT2D eigenvalue weighted by Crippen LogP contribution is -2.46. The first-order valence-electron chi connectivity index (χ1n) is 7.50. The Morgan fingerprint density at radius 3 is 2.79 bits per heavy atom. The maximum absolute atomic E-state index is 12.1. The summed E-state index contributed by atoms with van der Waals surface area (Å²) >= 11 is 4.98. The first kappa shape index (κ1) is 17.7. The first-order chi connectivity index (χ1) is 11.5. The highest BCUT2D eigenvalue weighted by atomic mass is 32.1. The second-order valence-electron chi connectivity index (χ2n) is 5.06. The summed E-state index contributed by atoms with van der Waals surface area (Å²) in [6.07, 6.45) is 0. The van der Waals surface area contributed by atoms with E-state index in [1.165, 1.54) is 0 Å². The molecule has 3 N–H and O–H groups in total. The lowest BCUT2D eigenvalue weighted by atomic mass is 10.2. The molecule has 0 atom stereocenters. The van der Waals surface area contributed by atoms with Crippen LogP contribution in [-0.4, -0.2) is 22.7 Å². The SMILES string of the molecule is CCNC(=S)NNC(=O)c1cccc(OCc2c(C)noc2C)c1. The van der Waals surface area contributed by atoms with Crippen LogP contribution < -0.4 is 20.9 Å². The molecule has 0 aliphatic carbocycles. The topological polar surface area (TPSA) is 88.4 Å². The van der Waals surface area contributed by atoms with Crippen LogP contribution in [0.3, 0.4) is 0 Å². The number of carbonyl (C=O) groups excluding carboxylic acids is 1. The fourth-order valence-electron chi connectivity index (χ4n) is 1.98. The smallest absolute Gasteiger partial charge is 0.269 e. The van der Waals surface area contributed by atoms with E-state index < -0.39 is 0 Å². The number of rotatable bonds is 5. The van der Waals surface area contributed by atoms with Gasteiger partial charge in [0.15, 0.2) is 5.11 Å². The Balaban J connectivity index is 1.95. The van der Waals surface area contributed by atoms with Gasteiger partial charge in [0.2, 0.25) is 0 Å². The van der Waals surface area contributed by atoms with Gasteiger partial charge in [0.25, 0.3) is 5.91 Å². The van der Waals surface area contributed by atoms with Crippen LogP contribution in [0.1, 0.15) is 34.3 Å². The highest BCUT2D eigenvalue weighted by Gasteiger charge is 2.11. The van der Waals surface area contributed by atoms with Crippen LogP contribution in [0.5, 0.6) is 5.75 Å². The molecule has 0 spiro atoms. The summed E-state index contributed by atoms with van der Waals surface area (Å²) in [5, 5.41) is 7.12. The van der Waals surface area contributed by atoms with Crippen molar-refractivity contribution in [1.29, 1.82) is 0 Å². The summed E-state index contributed by atoms with van der Waals surface area (Å²) in [6.45, 7) is 6.61. The number of carbonyl (C=O) groups is 1. The second kappa shape index (κ2) is 8.30. The molecule has 1 aromatic carbocycles. The highest BCUT2D eigenvalue weighted by Crippen LogP contribution is 2.18. The van der Waals surface area contributed by atoms with Crippen molar-refractivity contribution < 1.29 is 14.1 Å². The number of aryl methyl sites for hydroxylation is 2. The summed E-state index contributed by atoms with van der Waals surface area (Å²) < 4.78 is 10.8. The summed E-state index contributed by atoms with van der Waals surface area (Å²) in [5.74, 6) is 0.998. The molecule has 0 bridgehead atoms. The fourth-order valence-corrected chi connectivity index (χ4v) is 2.18. The van der Waals surface area contributed by atoms with Gasteiger partial charge in [-0.05, 0) is 51.2 Å². The molecule has 0 radical (unpaired) electrons.